The first-order valence-electron chi connectivity index (χ1n) is 12.4. The molecule has 2 rings (SSSR count). The maximum Gasteiger partial charge on any atom is 0.248 e. The number of aliphatic hydroxyl groups is 1. The molecule has 1 aliphatic rings. The summed E-state index contributed by atoms with van der Waals surface area (Å²) >= 11 is 0. The molecule has 4 N–H and O–H groups in total. The van der Waals surface area contributed by atoms with E-state index in [1.807, 2.05) is 19.1 Å². The number of aliphatic hydroxyl groups excluding tert-OH is 1. The van der Waals surface area contributed by atoms with Crippen LogP contribution < -0.4 is 15.8 Å². The highest BCUT2D eigenvalue weighted by Gasteiger charge is 2.33. The second-order valence-corrected chi connectivity index (χ2v) is 8.86. The molecule has 1 aromatic carbocycles. The Labute approximate surface area is 208 Å². The molecule has 2 unspecified atom stereocenters. The number of rotatable bonds is 12. The van der Waals surface area contributed by atoms with Gasteiger partial charge in [-0.15, -0.1) is 0 Å². The number of piperidine rings is 1. The van der Waals surface area contributed by atoms with Gasteiger partial charge in [0.25, 0.3) is 0 Å². The van der Waals surface area contributed by atoms with E-state index in [9.17, 15) is 14.4 Å². The van der Waals surface area contributed by atoms with Crippen molar-refractivity contribution in [2.75, 3.05) is 26.2 Å². The molecule has 1 aliphatic heterocycles. The van der Waals surface area contributed by atoms with Gasteiger partial charge in [0, 0.05) is 24.7 Å². The Morgan fingerprint density at radius 2 is 2.26 bits per heavy atom. The van der Waals surface area contributed by atoms with E-state index >= 15 is 0 Å². The number of nitrogens with zero attached hydrogens (tertiary/aromatic N) is 2. The third kappa shape index (κ3) is 8.08. The third-order valence-corrected chi connectivity index (χ3v) is 6.28. The van der Waals surface area contributed by atoms with Gasteiger partial charge in [0.2, 0.25) is 5.91 Å². The van der Waals surface area contributed by atoms with E-state index in [0.717, 1.165) is 43.4 Å². The summed E-state index contributed by atoms with van der Waals surface area (Å²) < 4.78 is 20.5. The van der Waals surface area contributed by atoms with Gasteiger partial charge in [-0.2, -0.15) is 5.26 Å². The van der Waals surface area contributed by atoms with E-state index in [-0.39, 0.29) is 24.6 Å². The molecule has 0 aliphatic carbocycles. The second kappa shape index (κ2) is 14.5. The fourth-order valence-corrected chi connectivity index (χ4v) is 4.22. The topological polar surface area (TPSA) is 112 Å². The lowest BCUT2D eigenvalue weighted by molar-refractivity contribution is -0.138. The fraction of sp³-hybridized carbons (Fsp3) is 0.556. The van der Waals surface area contributed by atoms with Crippen molar-refractivity contribution in [3.8, 4) is 11.8 Å². The van der Waals surface area contributed by atoms with E-state index in [1.165, 1.54) is 4.90 Å². The molecule has 8 heteroatoms. The summed E-state index contributed by atoms with van der Waals surface area (Å²) in [7, 11) is 0. The Morgan fingerprint density at radius 3 is 2.89 bits per heavy atom. The molecule has 3 atom stereocenters. The van der Waals surface area contributed by atoms with Crippen molar-refractivity contribution < 1.29 is 19.0 Å². The number of nitriles is 1. The van der Waals surface area contributed by atoms with E-state index in [0.29, 0.717) is 18.0 Å². The van der Waals surface area contributed by atoms with Crippen LogP contribution in [0.2, 0.25) is 0 Å². The van der Waals surface area contributed by atoms with Gasteiger partial charge in [0.05, 0.1) is 12.1 Å². The number of carbonyl (C=O) groups is 1. The molecule has 7 nitrogen and oxygen atoms in total. The average molecular weight is 487 g/mol. The van der Waals surface area contributed by atoms with Gasteiger partial charge in [-0.25, -0.2) is 4.39 Å². The summed E-state index contributed by atoms with van der Waals surface area (Å²) in [5.74, 6) is -0.204. The Balaban J connectivity index is 2.23. The Hall–Kier alpha value is -2.89. The van der Waals surface area contributed by atoms with Gasteiger partial charge in [-0.3, -0.25) is 4.79 Å². The van der Waals surface area contributed by atoms with Crippen LogP contribution in [-0.2, 0) is 4.79 Å². The Bertz CT molecular complexity index is 941. The number of amides is 1. The number of nitrogens with one attached hydrogen (secondary N) is 1. The summed E-state index contributed by atoms with van der Waals surface area (Å²) in [5, 5.41) is 22.3. The van der Waals surface area contributed by atoms with Crippen LogP contribution in [0.1, 0.15) is 64.0 Å². The molecular formula is C27H39FN4O3. The molecule has 0 spiro atoms. The highest BCUT2D eigenvalue weighted by Crippen LogP contribution is 2.29. The number of benzene rings is 1. The van der Waals surface area contributed by atoms with Crippen LogP contribution in [0.25, 0.3) is 5.70 Å². The van der Waals surface area contributed by atoms with Crippen LogP contribution in [0.5, 0.6) is 5.75 Å². The molecule has 1 heterocycles. The zero-order valence-corrected chi connectivity index (χ0v) is 21.1. The number of nitrogens with two attached hydrogens (primary N) is 1. The molecule has 1 saturated heterocycles. The van der Waals surface area contributed by atoms with Crippen molar-refractivity contribution in [2.24, 2.45) is 5.73 Å². The first-order valence-corrected chi connectivity index (χ1v) is 12.4. The normalized spacial score (nSPS) is 19.8. The highest BCUT2D eigenvalue weighted by atomic mass is 19.1. The van der Waals surface area contributed by atoms with E-state index in [2.05, 4.69) is 31.3 Å². The predicted octanol–water partition coefficient (Wildman–Crippen LogP) is 3.67. The number of likely N-dealkylation sites (tertiary alicyclic amines) is 1. The summed E-state index contributed by atoms with van der Waals surface area (Å²) in [6, 6.07) is 7.41. The van der Waals surface area contributed by atoms with Crippen LogP contribution in [0, 0.1) is 11.3 Å². The maximum absolute atomic E-state index is 14.7. The lowest BCUT2D eigenvalue weighted by Crippen LogP contribution is -2.50. The molecular weight excluding hydrogens is 447 g/mol. The first kappa shape index (κ1) is 28.3. The SMILES string of the molecule is C/C=C\CCC/C(=C(/N)c1ccc(O[C@H]2CCN(C(=O)CO)CC2F)c(C#N)c1)C(C)NCCC. The molecule has 1 fully saturated rings. The fourth-order valence-electron chi connectivity index (χ4n) is 4.22. The van der Waals surface area contributed by atoms with E-state index in [1.54, 1.807) is 12.1 Å². The molecule has 192 valence electrons. The standard InChI is InChI=1S/C27H39FN4O3/c1-4-6-7-8-9-22(19(3)31-13-5-2)27(30)20-10-11-24(21(15-20)16-29)35-25-12-14-32(17-23(25)28)26(34)18-33/h4,6,10-11,15,19,23,25,31,33H,5,7-9,12-14,17-18,30H2,1-3H3/b6-4-,27-22-/t19?,23?,25-/m0/s1. The summed E-state index contributed by atoms with van der Waals surface area (Å²) in [5.41, 5.74) is 9.38. The predicted molar refractivity (Wildman–Crippen MR) is 136 cm³/mol. The molecule has 0 aromatic heterocycles. The van der Waals surface area contributed by atoms with Gasteiger partial charge in [-0.1, -0.05) is 19.1 Å². The largest absolute Gasteiger partial charge is 0.486 e. The van der Waals surface area contributed by atoms with E-state index < -0.39 is 24.8 Å². The van der Waals surface area contributed by atoms with Gasteiger partial charge in [-0.05, 0) is 75.4 Å². The number of hydrogen-bond donors (Lipinski definition) is 3. The zero-order valence-electron chi connectivity index (χ0n) is 21.1. The zero-order chi connectivity index (χ0) is 25.8. The summed E-state index contributed by atoms with van der Waals surface area (Å²) in [6.45, 7) is 6.62. The average Bonchev–Trinajstić information content (AvgIpc) is 2.87. The molecule has 0 radical (unpaired) electrons. The van der Waals surface area contributed by atoms with Crippen LogP contribution in [-0.4, -0.2) is 60.5 Å². The van der Waals surface area contributed by atoms with E-state index in [4.69, 9.17) is 15.6 Å². The minimum atomic E-state index is -1.41. The van der Waals surface area contributed by atoms with Gasteiger partial charge in [0.1, 0.15) is 24.5 Å². The molecule has 0 bridgehead atoms. The molecule has 1 aromatic rings. The van der Waals surface area contributed by atoms with Crippen molar-refractivity contribution in [3.05, 3.63) is 47.1 Å². The lowest BCUT2D eigenvalue weighted by atomic mass is 9.95. The van der Waals surface area contributed by atoms with Crippen LogP contribution >= 0.6 is 0 Å². The monoisotopic (exact) mass is 486 g/mol. The minimum absolute atomic E-state index is 0.0983. The van der Waals surface area contributed by atoms with Gasteiger partial charge >= 0.3 is 0 Å². The van der Waals surface area contributed by atoms with Crippen LogP contribution in [0.3, 0.4) is 0 Å². The lowest BCUT2D eigenvalue weighted by Gasteiger charge is -2.34. The van der Waals surface area contributed by atoms with Gasteiger partial charge < -0.3 is 25.8 Å². The quantitative estimate of drug-likeness (QED) is 0.307. The molecule has 1 amide bonds. The number of alkyl halides is 1. The Kier molecular flexibility index (Phi) is 11.7. The maximum atomic E-state index is 14.7. The number of unbranched alkanes of at least 4 members (excludes halogenated alkanes) is 1. The molecule has 0 saturated carbocycles. The molecule has 35 heavy (non-hydrogen) atoms. The number of carbonyl (C=O) groups excluding carboxylic acids is 1. The Morgan fingerprint density at radius 1 is 1.49 bits per heavy atom. The van der Waals surface area contributed by atoms with Crippen LogP contribution in [0.15, 0.2) is 35.9 Å². The van der Waals surface area contributed by atoms with Gasteiger partial charge in [0.15, 0.2) is 6.17 Å². The van der Waals surface area contributed by atoms with Crippen molar-refractivity contribution in [3.63, 3.8) is 0 Å². The number of halogens is 1. The number of ether oxygens (including phenoxy) is 1. The minimum Gasteiger partial charge on any atom is -0.486 e. The summed E-state index contributed by atoms with van der Waals surface area (Å²) in [4.78, 5) is 12.9. The summed E-state index contributed by atoms with van der Waals surface area (Å²) in [6.07, 6.45) is 6.07. The van der Waals surface area contributed by atoms with Crippen molar-refractivity contribution in [1.82, 2.24) is 10.2 Å². The number of hydrogen-bond acceptors (Lipinski definition) is 6. The van der Waals surface area contributed by atoms with Crippen molar-refractivity contribution >= 4 is 11.6 Å². The first-order chi connectivity index (χ1) is 16.9. The van der Waals surface area contributed by atoms with Crippen LogP contribution in [0.4, 0.5) is 4.39 Å². The smallest absolute Gasteiger partial charge is 0.248 e. The number of allylic oxidation sites excluding steroid dienone is 2. The van der Waals surface area contributed by atoms with Crippen molar-refractivity contribution in [1.29, 1.82) is 5.26 Å². The van der Waals surface area contributed by atoms with Crippen molar-refractivity contribution in [2.45, 2.75) is 71.2 Å². The highest BCUT2D eigenvalue weighted by molar-refractivity contribution is 5.77. The second-order valence-electron chi connectivity index (χ2n) is 8.86. The third-order valence-electron chi connectivity index (χ3n) is 6.28.